The number of aromatic nitrogens is 1. The molecular weight excluding hydrogens is 303 g/mol. The number of fused-ring (bicyclic) bond motifs is 2. The van der Waals surface area contributed by atoms with Gasteiger partial charge in [-0.15, -0.1) is 0 Å². The van der Waals surface area contributed by atoms with Crippen molar-refractivity contribution in [1.29, 1.82) is 0 Å². The molecule has 2 aliphatic heterocycles. The molecule has 0 aromatic carbocycles. The smallest absolute Gasteiger partial charge is 0.294 e. The van der Waals surface area contributed by atoms with Crippen LogP contribution >= 0.6 is 0 Å². The van der Waals surface area contributed by atoms with Gasteiger partial charge in [0, 0.05) is 39.0 Å². The maximum absolute atomic E-state index is 12.4. The van der Waals surface area contributed by atoms with Crippen LogP contribution in [0.1, 0.15) is 41.7 Å². The Hall–Kier alpha value is -1.24. The van der Waals surface area contributed by atoms with Gasteiger partial charge >= 0.3 is 6.18 Å². The van der Waals surface area contributed by atoms with Crippen molar-refractivity contribution in [2.24, 2.45) is 5.92 Å². The number of alkyl halides is 3. The molecule has 2 fully saturated rings. The zero-order valence-electron chi connectivity index (χ0n) is 11.1. The van der Waals surface area contributed by atoms with Gasteiger partial charge in [-0.2, -0.15) is 13.2 Å². The third kappa shape index (κ3) is 2.75. The van der Waals surface area contributed by atoms with E-state index in [1.54, 1.807) is 0 Å². The summed E-state index contributed by atoms with van der Waals surface area (Å²) in [5.74, 6) is -0.413. The van der Waals surface area contributed by atoms with Crippen LogP contribution in [0.4, 0.5) is 13.2 Å². The summed E-state index contributed by atoms with van der Waals surface area (Å²) in [7, 11) is -0.844. The minimum atomic E-state index is -4.50. The number of rotatable bonds is 2. The fourth-order valence-corrected chi connectivity index (χ4v) is 5.31. The monoisotopic (exact) mass is 317 g/mol. The molecule has 3 nitrogen and oxygen atoms in total. The quantitative estimate of drug-likeness (QED) is 0.788. The average Bonchev–Trinajstić information content (AvgIpc) is 2.66. The predicted molar refractivity (Wildman–Crippen MR) is 71.2 cm³/mol. The maximum Gasteiger partial charge on any atom is 0.433 e. The van der Waals surface area contributed by atoms with Gasteiger partial charge in [0.1, 0.15) is 5.69 Å². The Bertz CT molecular complexity index is 569. The summed E-state index contributed by atoms with van der Waals surface area (Å²) in [6, 6.07) is 2.02. The first-order valence-electron chi connectivity index (χ1n) is 6.83. The van der Waals surface area contributed by atoms with Gasteiger partial charge in [0.2, 0.25) is 0 Å². The summed E-state index contributed by atoms with van der Waals surface area (Å²) in [5, 5.41) is 0.139. The van der Waals surface area contributed by atoms with E-state index in [-0.39, 0.29) is 27.8 Å². The largest absolute Gasteiger partial charge is 0.433 e. The summed E-state index contributed by atoms with van der Waals surface area (Å²) < 4.78 is 49.3. The van der Waals surface area contributed by atoms with Crippen LogP contribution in [-0.4, -0.2) is 25.5 Å². The number of carbonyl (C=O) groups is 1. The lowest BCUT2D eigenvalue weighted by atomic mass is 9.91. The van der Waals surface area contributed by atoms with E-state index in [2.05, 4.69) is 4.98 Å². The number of hydrogen-bond acceptors (Lipinski definition) is 3. The zero-order valence-corrected chi connectivity index (χ0v) is 11.9. The topological polar surface area (TPSA) is 47.0 Å². The first-order chi connectivity index (χ1) is 9.86. The zero-order chi connectivity index (χ0) is 15.2. The van der Waals surface area contributed by atoms with E-state index < -0.39 is 22.7 Å². The van der Waals surface area contributed by atoms with Crippen LogP contribution in [-0.2, 0) is 17.0 Å². The van der Waals surface area contributed by atoms with E-state index in [9.17, 15) is 22.2 Å². The third-order valence-corrected chi connectivity index (χ3v) is 6.44. The van der Waals surface area contributed by atoms with Gasteiger partial charge in [0.25, 0.3) is 0 Å². The van der Waals surface area contributed by atoms with Crippen LogP contribution in [0.5, 0.6) is 0 Å². The maximum atomic E-state index is 12.4. The Morgan fingerprint density at radius 2 is 1.81 bits per heavy atom. The Balaban J connectivity index is 1.75. The summed E-state index contributed by atoms with van der Waals surface area (Å²) in [4.78, 5) is 15.7. The average molecular weight is 317 g/mol. The number of carbonyl (C=O) groups excluding carboxylic acids is 1. The predicted octanol–water partition coefficient (Wildman–Crippen LogP) is 2.97. The molecule has 0 spiro atoms. The molecule has 0 aliphatic carbocycles. The standard InChI is InChI=1S/C14H14F3NO2S/c15-14(16,17)12-4-1-8(7-18-12)13(19)9-5-10-2-3-11(6-9)21(10)20/h1,4,7,9-11H,2-3,5-6H2. The molecule has 0 amide bonds. The van der Waals surface area contributed by atoms with Crippen molar-refractivity contribution in [2.75, 3.05) is 0 Å². The lowest BCUT2D eigenvalue weighted by Crippen LogP contribution is -2.32. The van der Waals surface area contributed by atoms with Gasteiger partial charge in [0.15, 0.2) is 5.78 Å². The van der Waals surface area contributed by atoms with E-state index in [0.717, 1.165) is 25.1 Å². The molecule has 2 saturated heterocycles. The molecule has 0 N–H and O–H groups in total. The van der Waals surface area contributed by atoms with Crippen LogP contribution in [0.25, 0.3) is 0 Å². The first-order valence-corrected chi connectivity index (χ1v) is 8.10. The Morgan fingerprint density at radius 1 is 1.19 bits per heavy atom. The fourth-order valence-electron chi connectivity index (χ4n) is 3.19. The van der Waals surface area contributed by atoms with Crippen LogP contribution < -0.4 is 0 Å². The Morgan fingerprint density at radius 3 is 2.29 bits per heavy atom. The van der Waals surface area contributed by atoms with Crippen molar-refractivity contribution in [3.8, 4) is 0 Å². The van der Waals surface area contributed by atoms with E-state index in [1.807, 2.05) is 0 Å². The van der Waals surface area contributed by atoms with E-state index in [1.165, 1.54) is 6.07 Å². The van der Waals surface area contributed by atoms with Crippen molar-refractivity contribution < 1.29 is 22.2 Å². The highest BCUT2D eigenvalue weighted by Crippen LogP contribution is 2.39. The number of hydrogen-bond donors (Lipinski definition) is 0. The molecule has 0 saturated carbocycles. The van der Waals surface area contributed by atoms with Crippen molar-refractivity contribution in [3.63, 3.8) is 0 Å². The second-order valence-electron chi connectivity index (χ2n) is 5.61. The molecule has 2 atom stereocenters. The van der Waals surface area contributed by atoms with Gasteiger partial charge in [-0.3, -0.25) is 14.0 Å². The highest BCUT2D eigenvalue weighted by atomic mass is 32.2. The van der Waals surface area contributed by atoms with Gasteiger partial charge in [-0.1, -0.05) is 0 Å². The first kappa shape index (κ1) is 14.7. The summed E-state index contributed by atoms with van der Waals surface area (Å²) >= 11 is 0. The molecule has 1 aromatic heterocycles. The number of halogens is 3. The molecule has 2 bridgehead atoms. The van der Waals surface area contributed by atoms with Crippen molar-refractivity contribution in [1.82, 2.24) is 4.98 Å². The Kier molecular flexibility index (Phi) is 3.63. The highest BCUT2D eigenvalue weighted by Gasteiger charge is 2.43. The number of nitrogens with zero attached hydrogens (tertiary/aromatic N) is 1. The van der Waals surface area contributed by atoms with Crippen molar-refractivity contribution in [2.45, 2.75) is 42.4 Å². The fraction of sp³-hybridized carbons (Fsp3) is 0.571. The minimum absolute atomic E-state index is 0.0695. The normalized spacial score (nSPS) is 32.1. The molecule has 21 heavy (non-hydrogen) atoms. The molecule has 2 unspecified atom stereocenters. The molecule has 0 radical (unpaired) electrons. The van der Waals surface area contributed by atoms with Crippen LogP contribution in [0.3, 0.4) is 0 Å². The lowest BCUT2D eigenvalue weighted by Gasteiger charge is -2.26. The van der Waals surface area contributed by atoms with Gasteiger partial charge in [0.05, 0.1) is 0 Å². The molecule has 7 heteroatoms. The minimum Gasteiger partial charge on any atom is -0.294 e. The van der Waals surface area contributed by atoms with Crippen LogP contribution in [0.15, 0.2) is 18.3 Å². The van der Waals surface area contributed by atoms with Gasteiger partial charge in [-0.25, -0.2) is 0 Å². The number of Topliss-reactive ketones (excluding diaryl/α,β-unsaturated/α-hetero) is 1. The molecule has 2 aliphatic rings. The number of pyridine rings is 1. The van der Waals surface area contributed by atoms with Gasteiger partial charge in [-0.05, 0) is 37.8 Å². The molecule has 3 heterocycles. The van der Waals surface area contributed by atoms with Crippen molar-refractivity contribution in [3.05, 3.63) is 29.6 Å². The second kappa shape index (κ2) is 5.19. The molecular formula is C14H14F3NO2S. The lowest BCUT2D eigenvalue weighted by molar-refractivity contribution is -0.141. The number of ketones is 1. The summed E-state index contributed by atoms with van der Waals surface area (Å²) in [6.45, 7) is 0. The summed E-state index contributed by atoms with van der Waals surface area (Å²) in [6.07, 6.45) is -0.592. The summed E-state index contributed by atoms with van der Waals surface area (Å²) in [5.41, 5.74) is -0.788. The second-order valence-corrected chi connectivity index (χ2v) is 7.60. The Labute approximate surface area is 122 Å². The molecule has 3 rings (SSSR count). The van der Waals surface area contributed by atoms with E-state index in [4.69, 9.17) is 0 Å². The molecule has 1 aromatic rings. The van der Waals surface area contributed by atoms with Crippen LogP contribution in [0, 0.1) is 5.92 Å². The van der Waals surface area contributed by atoms with E-state index in [0.29, 0.717) is 12.8 Å². The highest BCUT2D eigenvalue weighted by molar-refractivity contribution is 7.86. The SMILES string of the molecule is O=C(c1ccc(C(F)(F)F)nc1)C1CC2CCC(C1)S2=O. The van der Waals surface area contributed by atoms with E-state index >= 15 is 0 Å². The van der Waals surface area contributed by atoms with Gasteiger partial charge < -0.3 is 0 Å². The molecule has 114 valence electrons. The van der Waals surface area contributed by atoms with Crippen LogP contribution in [0.2, 0.25) is 0 Å². The van der Waals surface area contributed by atoms with Crippen molar-refractivity contribution >= 4 is 16.6 Å². The third-order valence-electron chi connectivity index (χ3n) is 4.27.